The third kappa shape index (κ3) is 2.61. The Balaban J connectivity index is 1.69. The van der Waals surface area contributed by atoms with Gasteiger partial charge < -0.3 is 19.4 Å². The summed E-state index contributed by atoms with van der Waals surface area (Å²) in [7, 11) is 1.33. The lowest BCUT2D eigenvalue weighted by atomic mass is 9.87. The molecule has 2 aliphatic rings. The van der Waals surface area contributed by atoms with Crippen LogP contribution >= 0.6 is 0 Å². The topological polar surface area (TPSA) is 88.7 Å². The molecule has 7 nitrogen and oxygen atoms in total. The predicted molar refractivity (Wildman–Crippen MR) is 103 cm³/mol. The van der Waals surface area contributed by atoms with Gasteiger partial charge in [0, 0.05) is 23.0 Å². The molecule has 1 amide bonds. The summed E-state index contributed by atoms with van der Waals surface area (Å²) in [5, 5.41) is 1.03. The number of carbonyl (C=O) groups excluding carboxylic acids is 3. The number of amides is 1. The highest BCUT2D eigenvalue weighted by molar-refractivity contribution is 5.94. The summed E-state index contributed by atoms with van der Waals surface area (Å²) in [5.41, 5.74) is 4.07. The number of methoxy groups -OCH3 is 1. The van der Waals surface area contributed by atoms with Crippen molar-refractivity contribution in [3.05, 3.63) is 70.9 Å². The fourth-order valence-electron chi connectivity index (χ4n) is 4.35. The summed E-state index contributed by atoms with van der Waals surface area (Å²) in [6.45, 7) is -0.262. The molecule has 29 heavy (non-hydrogen) atoms. The highest BCUT2D eigenvalue weighted by Gasteiger charge is 2.46. The predicted octanol–water partition coefficient (Wildman–Crippen LogP) is 2.35. The number of ether oxygens (including phenoxy) is 2. The van der Waals surface area contributed by atoms with Crippen molar-refractivity contribution in [2.24, 2.45) is 0 Å². The van der Waals surface area contributed by atoms with Crippen LogP contribution < -0.4 is 0 Å². The number of hydrogen-bond acceptors (Lipinski definition) is 5. The Kier molecular flexibility index (Phi) is 3.91. The van der Waals surface area contributed by atoms with Crippen LogP contribution in [0.5, 0.6) is 0 Å². The molecule has 1 saturated heterocycles. The summed E-state index contributed by atoms with van der Waals surface area (Å²) in [4.78, 5) is 42.1. The van der Waals surface area contributed by atoms with Gasteiger partial charge >= 0.3 is 11.9 Å². The minimum absolute atomic E-state index is 0.235. The zero-order chi connectivity index (χ0) is 20.1. The molecule has 2 aromatic carbocycles. The number of H-pyrrole nitrogens is 1. The average Bonchev–Trinajstić information content (AvgIpc) is 3.13. The van der Waals surface area contributed by atoms with E-state index in [2.05, 4.69) is 4.98 Å². The number of benzene rings is 2. The molecule has 0 radical (unpaired) electrons. The highest BCUT2D eigenvalue weighted by Crippen LogP contribution is 2.42. The van der Waals surface area contributed by atoms with Crippen LogP contribution in [0.4, 0.5) is 0 Å². The molecule has 0 saturated carbocycles. The standard InChI is InChI=1S/C22H18N2O5/c1-28-21(26)13-8-6-12(7-9-13)20-19-15(14-4-2-3-5-16(14)23-19)10-17-22(27)29-11-18(25)24(17)20/h2-9,17,20,23H,10-11H2,1H3/t17-,20-/m0/s1. The summed E-state index contributed by atoms with van der Waals surface area (Å²) in [5.74, 6) is -1.06. The number of carbonyl (C=O) groups is 3. The molecule has 0 bridgehead atoms. The maximum atomic E-state index is 12.8. The number of nitrogens with zero attached hydrogens (tertiary/aromatic N) is 1. The van der Waals surface area contributed by atoms with E-state index in [4.69, 9.17) is 9.47 Å². The fourth-order valence-corrected chi connectivity index (χ4v) is 4.35. The van der Waals surface area contributed by atoms with Crippen molar-refractivity contribution in [2.75, 3.05) is 13.7 Å². The second-order valence-corrected chi connectivity index (χ2v) is 7.21. The first kappa shape index (κ1) is 17.5. The summed E-state index contributed by atoms with van der Waals surface area (Å²) >= 11 is 0. The van der Waals surface area contributed by atoms with Crippen LogP contribution in [0.25, 0.3) is 10.9 Å². The number of aromatic amines is 1. The molecular weight excluding hydrogens is 372 g/mol. The van der Waals surface area contributed by atoms with Crippen molar-refractivity contribution in [1.82, 2.24) is 9.88 Å². The number of esters is 2. The Bertz CT molecular complexity index is 1150. The fraction of sp³-hybridized carbons (Fsp3) is 0.227. The SMILES string of the molecule is COC(=O)c1ccc([C@H]2c3[nH]c4ccccc4c3C[C@H]3C(=O)OCC(=O)N23)cc1. The van der Waals surface area contributed by atoms with Crippen LogP contribution in [0, 0.1) is 0 Å². The van der Waals surface area contributed by atoms with Crippen molar-refractivity contribution < 1.29 is 23.9 Å². The zero-order valence-corrected chi connectivity index (χ0v) is 15.7. The highest BCUT2D eigenvalue weighted by atomic mass is 16.5. The monoisotopic (exact) mass is 390 g/mol. The van der Waals surface area contributed by atoms with Gasteiger partial charge in [-0.05, 0) is 29.3 Å². The van der Waals surface area contributed by atoms with Crippen LogP contribution in [0.15, 0.2) is 48.5 Å². The Morgan fingerprint density at radius 3 is 2.66 bits per heavy atom. The summed E-state index contributed by atoms with van der Waals surface area (Å²) in [6.07, 6.45) is 0.403. The van der Waals surface area contributed by atoms with Crippen molar-refractivity contribution in [2.45, 2.75) is 18.5 Å². The molecule has 2 atom stereocenters. The van der Waals surface area contributed by atoms with Crippen LogP contribution in [-0.4, -0.2) is 47.5 Å². The first-order valence-corrected chi connectivity index (χ1v) is 9.34. The van der Waals surface area contributed by atoms with Gasteiger partial charge in [-0.1, -0.05) is 30.3 Å². The van der Waals surface area contributed by atoms with Crippen molar-refractivity contribution in [3.8, 4) is 0 Å². The number of para-hydroxylation sites is 1. The van der Waals surface area contributed by atoms with E-state index in [0.29, 0.717) is 12.0 Å². The molecule has 2 aliphatic heterocycles. The maximum absolute atomic E-state index is 12.8. The maximum Gasteiger partial charge on any atom is 0.337 e. The molecule has 1 N–H and O–H groups in total. The number of nitrogens with one attached hydrogen (secondary N) is 1. The van der Waals surface area contributed by atoms with Crippen molar-refractivity contribution >= 4 is 28.7 Å². The van der Waals surface area contributed by atoms with E-state index >= 15 is 0 Å². The lowest BCUT2D eigenvalue weighted by Crippen LogP contribution is -2.57. The second kappa shape index (κ2) is 6.48. The number of hydrogen-bond donors (Lipinski definition) is 1. The molecule has 0 spiro atoms. The number of aromatic nitrogens is 1. The summed E-state index contributed by atoms with van der Waals surface area (Å²) in [6, 6.07) is 13.7. The third-order valence-electron chi connectivity index (χ3n) is 5.68. The molecule has 0 unspecified atom stereocenters. The second-order valence-electron chi connectivity index (χ2n) is 7.21. The quantitative estimate of drug-likeness (QED) is 0.679. The van der Waals surface area contributed by atoms with Crippen LogP contribution in [0.3, 0.4) is 0 Å². The normalized spacial score (nSPS) is 20.8. The first-order valence-electron chi connectivity index (χ1n) is 9.34. The molecule has 5 rings (SSSR count). The van der Waals surface area contributed by atoms with Crippen LogP contribution in [-0.2, 0) is 25.5 Å². The van der Waals surface area contributed by atoms with E-state index in [0.717, 1.165) is 27.7 Å². The lowest BCUT2D eigenvalue weighted by molar-refractivity contribution is -0.171. The minimum atomic E-state index is -0.673. The van der Waals surface area contributed by atoms with E-state index in [1.807, 2.05) is 24.3 Å². The first-order chi connectivity index (χ1) is 14.1. The van der Waals surface area contributed by atoms with E-state index in [-0.39, 0.29) is 12.5 Å². The van der Waals surface area contributed by atoms with Gasteiger partial charge in [0.05, 0.1) is 18.7 Å². The number of cyclic esters (lactones) is 1. The number of fused-ring (bicyclic) bond motifs is 4. The van der Waals surface area contributed by atoms with Crippen LogP contribution in [0.2, 0.25) is 0 Å². The Labute approximate surface area is 166 Å². The molecule has 146 valence electrons. The van der Waals surface area contributed by atoms with Crippen molar-refractivity contribution in [1.29, 1.82) is 0 Å². The van der Waals surface area contributed by atoms with E-state index in [1.54, 1.807) is 29.2 Å². The van der Waals surface area contributed by atoms with Gasteiger partial charge in [0.15, 0.2) is 6.61 Å². The van der Waals surface area contributed by atoms with Gasteiger partial charge in [-0.2, -0.15) is 0 Å². The van der Waals surface area contributed by atoms with Gasteiger partial charge in [-0.15, -0.1) is 0 Å². The molecule has 3 heterocycles. The Morgan fingerprint density at radius 2 is 1.90 bits per heavy atom. The molecule has 3 aromatic rings. The van der Waals surface area contributed by atoms with Gasteiger partial charge in [0.1, 0.15) is 6.04 Å². The minimum Gasteiger partial charge on any atom is -0.465 e. The van der Waals surface area contributed by atoms with Gasteiger partial charge in [0.25, 0.3) is 5.91 Å². The van der Waals surface area contributed by atoms with Gasteiger partial charge in [-0.25, -0.2) is 9.59 Å². The lowest BCUT2D eigenvalue weighted by Gasteiger charge is -2.43. The smallest absolute Gasteiger partial charge is 0.337 e. The molecule has 0 aliphatic carbocycles. The van der Waals surface area contributed by atoms with Gasteiger partial charge in [0.2, 0.25) is 0 Å². The van der Waals surface area contributed by atoms with Crippen molar-refractivity contribution in [3.63, 3.8) is 0 Å². The number of morpholine rings is 1. The molecular formula is C22H18N2O5. The number of rotatable bonds is 2. The average molecular weight is 390 g/mol. The zero-order valence-electron chi connectivity index (χ0n) is 15.7. The van der Waals surface area contributed by atoms with E-state index in [1.165, 1.54) is 7.11 Å². The van der Waals surface area contributed by atoms with Gasteiger partial charge in [-0.3, -0.25) is 4.79 Å². The molecule has 1 fully saturated rings. The van der Waals surface area contributed by atoms with E-state index in [9.17, 15) is 14.4 Å². The Morgan fingerprint density at radius 1 is 1.14 bits per heavy atom. The Hall–Kier alpha value is -3.61. The van der Waals surface area contributed by atoms with E-state index < -0.39 is 24.0 Å². The molecule has 7 heteroatoms. The van der Waals surface area contributed by atoms with Crippen LogP contribution in [0.1, 0.15) is 33.2 Å². The largest absolute Gasteiger partial charge is 0.465 e. The summed E-state index contributed by atoms with van der Waals surface area (Å²) < 4.78 is 9.87. The molecule has 1 aromatic heterocycles. The third-order valence-corrected chi connectivity index (χ3v) is 5.68.